The number of ether oxygens (including phenoxy) is 1. The van der Waals surface area contributed by atoms with Gasteiger partial charge in [-0.3, -0.25) is 0 Å². The van der Waals surface area contributed by atoms with E-state index in [1.54, 1.807) is 13.2 Å². The topological polar surface area (TPSA) is 62.0 Å². The van der Waals surface area contributed by atoms with E-state index < -0.39 is 0 Å². The van der Waals surface area contributed by atoms with Crippen molar-refractivity contribution in [2.45, 2.75) is 13.8 Å². The number of hydrogen-bond acceptors (Lipinski definition) is 5. The van der Waals surface area contributed by atoms with Gasteiger partial charge in [-0.25, -0.2) is 9.97 Å². The number of benzene rings is 1. The maximum atomic E-state index is 9.20. The first kappa shape index (κ1) is 14.8. The van der Waals surface area contributed by atoms with Crippen LogP contribution >= 0.6 is 0 Å². The maximum Gasteiger partial charge on any atom is 0.227 e. The normalized spacial score (nSPS) is 10.0. The van der Waals surface area contributed by atoms with Gasteiger partial charge in [0.2, 0.25) is 5.95 Å². The summed E-state index contributed by atoms with van der Waals surface area (Å²) < 4.78 is 5.37. The summed E-state index contributed by atoms with van der Waals surface area (Å²) in [5, 5.41) is 9.20. The van der Waals surface area contributed by atoms with E-state index in [0.29, 0.717) is 17.3 Å². The van der Waals surface area contributed by atoms with Crippen molar-refractivity contribution < 1.29 is 4.74 Å². The molecule has 0 atom stereocenters. The van der Waals surface area contributed by atoms with E-state index >= 15 is 0 Å². The molecule has 5 heteroatoms. The van der Waals surface area contributed by atoms with Crippen molar-refractivity contribution in [3.63, 3.8) is 0 Å². The van der Waals surface area contributed by atoms with Crippen molar-refractivity contribution in [3.8, 4) is 23.1 Å². The lowest BCUT2D eigenvalue weighted by Gasteiger charge is -2.19. The third-order valence-corrected chi connectivity index (χ3v) is 3.26. The first-order chi connectivity index (χ1) is 10.2. The molecule has 0 saturated heterocycles. The molecule has 5 nitrogen and oxygen atoms in total. The van der Waals surface area contributed by atoms with Crippen LogP contribution in [0, 0.1) is 11.3 Å². The Hall–Kier alpha value is -2.61. The monoisotopic (exact) mass is 282 g/mol. The molecular formula is C16H18N4O. The molecule has 0 saturated carbocycles. The summed E-state index contributed by atoms with van der Waals surface area (Å²) in [7, 11) is 1.62. The molecule has 21 heavy (non-hydrogen) atoms. The van der Waals surface area contributed by atoms with Gasteiger partial charge in [0.1, 0.15) is 17.5 Å². The molecule has 2 aromatic rings. The van der Waals surface area contributed by atoms with Gasteiger partial charge in [-0.05, 0) is 26.0 Å². The highest BCUT2D eigenvalue weighted by Crippen LogP contribution is 2.29. The molecular weight excluding hydrogens is 264 g/mol. The van der Waals surface area contributed by atoms with Crippen molar-refractivity contribution >= 4 is 5.95 Å². The van der Waals surface area contributed by atoms with Crippen LogP contribution < -0.4 is 9.64 Å². The highest BCUT2D eigenvalue weighted by molar-refractivity contribution is 5.68. The van der Waals surface area contributed by atoms with Crippen LogP contribution in [0.4, 0.5) is 5.95 Å². The average Bonchev–Trinajstić information content (AvgIpc) is 2.55. The fourth-order valence-corrected chi connectivity index (χ4v) is 2.13. The highest BCUT2D eigenvalue weighted by Gasteiger charge is 2.13. The molecule has 0 bridgehead atoms. The molecule has 0 amide bonds. The first-order valence-electron chi connectivity index (χ1n) is 6.91. The molecule has 0 aliphatic heterocycles. The van der Waals surface area contributed by atoms with Gasteiger partial charge in [0.05, 0.1) is 12.8 Å². The molecule has 108 valence electrons. The molecule has 0 radical (unpaired) electrons. The van der Waals surface area contributed by atoms with Crippen molar-refractivity contribution in [2.24, 2.45) is 0 Å². The molecule has 1 aromatic heterocycles. The lowest BCUT2D eigenvalue weighted by molar-refractivity contribution is 0.416. The number of nitrogens with zero attached hydrogens (tertiary/aromatic N) is 4. The molecule has 0 aliphatic carbocycles. The van der Waals surface area contributed by atoms with Gasteiger partial charge in [-0.2, -0.15) is 5.26 Å². The summed E-state index contributed by atoms with van der Waals surface area (Å²) in [6.45, 7) is 5.65. The summed E-state index contributed by atoms with van der Waals surface area (Å²) >= 11 is 0. The van der Waals surface area contributed by atoms with E-state index in [1.807, 2.05) is 43.0 Å². The van der Waals surface area contributed by atoms with Crippen LogP contribution in [-0.4, -0.2) is 30.2 Å². The average molecular weight is 282 g/mol. The second-order valence-electron chi connectivity index (χ2n) is 4.42. The molecule has 1 heterocycles. The van der Waals surface area contributed by atoms with Crippen LogP contribution in [0.1, 0.15) is 19.5 Å². The molecule has 1 aromatic carbocycles. The van der Waals surface area contributed by atoms with Crippen LogP contribution in [0.2, 0.25) is 0 Å². The molecule has 0 aliphatic rings. The Labute approximate surface area is 124 Å². The Kier molecular flexibility index (Phi) is 4.72. The number of methoxy groups -OCH3 is 1. The van der Waals surface area contributed by atoms with Crippen molar-refractivity contribution in [1.82, 2.24) is 9.97 Å². The number of anilines is 1. The Morgan fingerprint density at radius 1 is 1.19 bits per heavy atom. The summed E-state index contributed by atoms with van der Waals surface area (Å²) in [6.07, 6.45) is 0. The van der Waals surface area contributed by atoms with Crippen LogP contribution in [-0.2, 0) is 0 Å². The van der Waals surface area contributed by atoms with Crippen LogP contribution in [0.3, 0.4) is 0 Å². The summed E-state index contributed by atoms with van der Waals surface area (Å²) in [5.41, 5.74) is 1.90. The van der Waals surface area contributed by atoms with E-state index in [4.69, 9.17) is 4.74 Å². The molecule has 2 rings (SSSR count). The van der Waals surface area contributed by atoms with E-state index in [1.165, 1.54) is 0 Å². The fraction of sp³-hybridized carbons (Fsp3) is 0.312. The fourth-order valence-electron chi connectivity index (χ4n) is 2.13. The maximum absolute atomic E-state index is 9.20. The van der Waals surface area contributed by atoms with E-state index in [0.717, 1.165) is 24.4 Å². The number of rotatable bonds is 5. The Morgan fingerprint density at radius 2 is 1.90 bits per heavy atom. The van der Waals surface area contributed by atoms with Crippen LogP contribution in [0.25, 0.3) is 11.3 Å². The van der Waals surface area contributed by atoms with E-state index in [-0.39, 0.29) is 0 Å². The molecule has 0 unspecified atom stereocenters. The minimum atomic E-state index is 0.354. The third kappa shape index (κ3) is 3.11. The van der Waals surface area contributed by atoms with Gasteiger partial charge in [-0.1, -0.05) is 12.1 Å². The first-order valence-corrected chi connectivity index (χ1v) is 6.91. The smallest absolute Gasteiger partial charge is 0.227 e. The summed E-state index contributed by atoms with van der Waals surface area (Å²) in [6, 6.07) is 11.4. The zero-order valence-electron chi connectivity index (χ0n) is 12.5. The predicted molar refractivity (Wildman–Crippen MR) is 82.3 cm³/mol. The zero-order valence-corrected chi connectivity index (χ0v) is 12.5. The SMILES string of the molecule is CCN(CC)c1nc(C#N)cc(-c2ccccc2OC)n1. The molecule has 0 N–H and O–H groups in total. The lowest BCUT2D eigenvalue weighted by Crippen LogP contribution is -2.24. The zero-order chi connectivity index (χ0) is 15.2. The van der Waals surface area contributed by atoms with Gasteiger partial charge in [-0.15, -0.1) is 0 Å². The predicted octanol–water partition coefficient (Wildman–Crippen LogP) is 2.87. The van der Waals surface area contributed by atoms with Crippen LogP contribution in [0.5, 0.6) is 5.75 Å². The van der Waals surface area contributed by atoms with Gasteiger partial charge >= 0.3 is 0 Å². The van der Waals surface area contributed by atoms with Crippen molar-refractivity contribution in [1.29, 1.82) is 5.26 Å². The van der Waals surface area contributed by atoms with Gasteiger partial charge in [0.25, 0.3) is 0 Å². The van der Waals surface area contributed by atoms with Crippen molar-refractivity contribution in [2.75, 3.05) is 25.1 Å². The van der Waals surface area contributed by atoms with Gasteiger partial charge < -0.3 is 9.64 Å². The summed E-state index contributed by atoms with van der Waals surface area (Å²) in [4.78, 5) is 10.9. The van der Waals surface area contributed by atoms with Crippen molar-refractivity contribution in [3.05, 3.63) is 36.0 Å². The van der Waals surface area contributed by atoms with E-state index in [2.05, 4.69) is 16.0 Å². The Morgan fingerprint density at radius 3 is 2.52 bits per heavy atom. The lowest BCUT2D eigenvalue weighted by atomic mass is 10.1. The number of para-hydroxylation sites is 1. The van der Waals surface area contributed by atoms with E-state index in [9.17, 15) is 5.26 Å². The third-order valence-electron chi connectivity index (χ3n) is 3.26. The Balaban J connectivity index is 2.58. The largest absolute Gasteiger partial charge is 0.496 e. The molecule has 0 fully saturated rings. The van der Waals surface area contributed by atoms with Gasteiger partial charge in [0.15, 0.2) is 0 Å². The highest BCUT2D eigenvalue weighted by atomic mass is 16.5. The number of aromatic nitrogens is 2. The number of hydrogen-bond donors (Lipinski definition) is 0. The second-order valence-corrected chi connectivity index (χ2v) is 4.42. The van der Waals surface area contributed by atoms with Crippen LogP contribution in [0.15, 0.2) is 30.3 Å². The Bertz CT molecular complexity index is 660. The minimum absolute atomic E-state index is 0.354. The minimum Gasteiger partial charge on any atom is -0.496 e. The number of nitriles is 1. The molecule has 0 spiro atoms. The standard InChI is InChI=1S/C16H18N4O/c1-4-20(5-2)16-18-12(11-17)10-14(19-16)13-8-6-7-9-15(13)21-3/h6-10H,4-5H2,1-3H3. The second kappa shape index (κ2) is 6.71. The van der Waals surface area contributed by atoms with Gasteiger partial charge in [0, 0.05) is 24.7 Å². The quantitative estimate of drug-likeness (QED) is 0.843. The summed E-state index contributed by atoms with van der Waals surface area (Å²) in [5.74, 6) is 1.30.